The molecule has 5 heteroatoms. The van der Waals surface area contributed by atoms with Gasteiger partial charge in [-0.3, -0.25) is 0 Å². The lowest BCUT2D eigenvalue weighted by Crippen LogP contribution is -2.31. The van der Waals surface area contributed by atoms with Crippen molar-refractivity contribution in [3.63, 3.8) is 0 Å². The molecule has 0 spiro atoms. The van der Waals surface area contributed by atoms with Crippen molar-refractivity contribution >= 4 is 34.9 Å². The Morgan fingerprint density at radius 1 is 1.00 bits per heavy atom. The SMILES string of the molecule is CC(NC(=O)Nc1ccccc1Cl)c1ccccc1Cl. The van der Waals surface area contributed by atoms with Crippen molar-refractivity contribution in [3.05, 3.63) is 64.1 Å². The fraction of sp³-hybridized carbons (Fsp3) is 0.133. The Balaban J connectivity index is 2.02. The first kappa shape index (κ1) is 14.7. The summed E-state index contributed by atoms with van der Waals surface area (Å²) in [4.78, 5) is 11.9. The molecule has 0 fully saturated rings. The smallest absolute Gasteiger partial charge is 0.319 e. The summed E-state index contributed by atoms with van der Waals surface area (Å²) in [5.41, 5.74) is 1.43. The standard InChI is InChI=1S/C15H14Cl2N2O/c1-10(11-6-2-3-7-12(11)16)18-15(20)19-14-9-5-4-8-13(14)17/h2-10H,1H3,(H2,18,19,20). The number of rotatable bonds is 3. The number of carbonyl (C=O) groups is 1. The van der Waals surface area contributed by atoms with E-state index >= 15 is 0 Å². The van der Waals surface area contributed by atoms with Gasteiger partial charge in [0.1, 0.15) is 0 Å². The van der Waals surface area contributed by atoms with Crippen molar-refractivity contribution in [2.45, 2.75) is 13.0 Å². The Morgan fingerprint density at radius 3 is 2.25 bits per heavy atom. The fourth-order valence-electron chi connectivity index (χ4n) is 1.82. The van der Waals surface area contributed by atoms with Crippen molar-refractivity contribution < 1.29 is 4.79 Å². The van der Waals surface area contributed by atoms with Gasteiger partial charge in [0, 0.05) is 5.02 Å². The minimum absolute atomic E-state index is 0.203. The molecule has 2 amide bonds. The van der Waals surface area contributed by atoms with Gasteiger partial charge in [-0.2, -0.15) is 0 Å². The van der Waals surface area contributed by atoms with Gasteiger partial charge in [0.05, 0.1) is 16.8 Å². The van der Waals surface area contributed by atoms with Crippen LogP contribution in [0.5, 0.6) is 0 Å². The predicted molar refractivity (Wildman–Crippen MR) is 83.5 cm³/mol. The maximum atomic E-state index is 11.9. The molecule has 2 N–H and O–H groups in total. The molecular formula is C15H14Cl2N2O. The van der Waals surface area contributed by atoms with Gasteiger partial charge in [-0.05, 0) is 30.7 Å². The minimum atomic E-state index is -0.328. The summed E-state index contributed by atoms with van der Waals surface area (Å²) in [5.74, 6) is 0. The molecule has 2 aromatic carbocycles. The number of benzene rings is 2. The van der Waals surface area contributed by atoms with Gasteiger partial charge in [0.25, 0.3) is 0 Å². The average molecular weight is 309 g/mol. The summed E-state index contributed by atoms with van der Waals surface area (Å²) in [6.45, 7) is 1.87. The summed E-state index contributed by atoms with van der Waals surface area (Å²) < 4.78 is 0. The highest BCUT2D eigenvalue weighted by Gasteiger charge is 2.12. The van der Waals surface area contributed by atoms with Gasteiger partial charge in [-0.1, -0.05) is 53.5 Å². The lowest BCUT2D eigenvalue weighted by Gasteiger charge is -2.16. The molecule has 0 bridgehead atoms. The van der Waals surface area contributed by atoms with Crippen LogP contribution in [0.15, 0.2) is 48.5 Å². The third-order valence-electron chi connectivity index (χ3n) is 2.84. The molecule has 1 atom stereocenters. The average Bonchev–Trinajstić information content (AvgIpc) is 2.41. The number of para-hydroxylation sites is 1. The van der Waals surface area contributed by atoms with Crippen molar-refractivity contribution in [3.8, 4) is 0 Å². The Bertz CT molecular complexity index is 616. The summed E-state index contributed by atoms with van der Waals surface area (Å²) in [6, 6.07) is 13.9. The van der Waals surface area contributed by atoms with E-state index in [4.69, 9.17) is 23.2 Å². The molecule has 0 saturated carbocycles. The van der Waals surface area contributed by atoms with Crippen LogP contribution in [0, 0.1) is 0 Å². The minimum Gasteiger partial charge on any atom is -0.331 e. The zero-order chi connectivity index (χ0) is 14.5. The zero-order valence-electron chi connectivity index (χ0n) is 10.9. The van der Waals surface area contributed by atoms with Gasteiger partial charge < -0.3 is 10.6 Å². The van der Waals surface area contributed by atoms with Crippen LogP contribution >= 0.6 is 23.2 Å². The van der Waals surface area contributed by atoms with Crippen molar-refractivity contribution in [2.75, 3.05) is 5.32 Å². The second-order valence-electron chi connectivity index (χ2n) is 4.32. The third kappa shape index (κ3) is 3.65. The molecule has 0 radical (unpaired) electrons. The van der Waals surface area contributed by atoms with Gasteiger partial charge >= 0.3 is 6.03 Å². The second kappa shape index (κ2) is 6.64. The maximum absolute atomic E-state index is 11.9. The van der Waals surface area contributed by atoms with E-state index in [9.17, 15) is 4.79 Å². The van der Waals surface area contributed by atoms with Crippen LogP contribution in [0.1, 0.15) is 18.5 Å². The Kier molecular flexibility index (Phi) is 4.88. The topological polar surface area (TPSA) is 41.1 Å². The van der Waals surface area contributed by atoms with Crippen molar-refractivity contribution in [1.82, 2.24) is 5.32 Å². The Labute approximate surface area is 127 Å². The monoisotopic (exact) mass is 308 g/mol. The van der Waals surface area contributed by atoms with Crippen molar-refractivity contribution in [2.24, 2.45) is 0 Å². The van der Waals surface area contributed by atoms with Crippen LogP contribution < -0.4 is 10.6 Å². The first-order valence-electron chi connectivity index (χ1n) is 6.14. The largest absolute Gasteiger partial charge is 0.331 e. The number of hydrogen-bond acceptors (Lipinski definition) is 1. The summed E-state index contributed by atoms with van der Waals surface area (Å²) in [5, 5.41) is 6.64. The van der Waals surface area contributed by atoms with Gasteiger partial charge in [-0.15, -0.1) is 0 Å². The van der Waals surface area contributed by atoms with E-state index in [0.717, 1.165) is 5.56 Å². The molecule has 20 heavy (non-hydrogen) atoms. The fourth-order valence-corrected chi connectivity index (χ4v) is 2.30. The lowest BCUT2D eigenvalue weighted by molar-refractivity contribution is 0.249. The van der Waals surface area contributed by atoms with Crippen molar-refractivity contribution in [1.29, 1.82) is 0 Å². The normalized spacial score (nSPS) is 11.8. The van der Waals surface area contributed by atoms with Crippen LogP contribution in [0.2, 0.25) is 10.0 Å². The predicted octanol–water partition coefficient (Wildman–Crippen LogP) is 4.88. The summed E-state index contributed by atoms with van der Waals surface area (Å²) in [7, 11) is 0. The molecule has 2 aromatic rings. The van der Waals surface area contributed by atoms with E-state index in [1.165, 1.54) is 0 Å². The Hall–Kier alpha value is -1.71. The van der Waals surface area contributed by atoms with Gasteiger partial charge in [0.2, 0.25) is 0 Å². The number of urea groups is 1. The summed E-state index contributed by atoms with van der Waals surface area (Å²) >= 11 is 12.1. The van der Waals surface area contributed by atoms with Gasteiger partial charge in [0.15, 0.2) is 0 Å². The molecule has 3 nitrogen and oxygen atoms in total. The van der Waals surface area contributed by atoms with Crippen LogP contribution in [0.4, 0.5) is 10.5 Å². The molecular weight excluding hydrogens is 295 g/mol. The molecule has 1 unspecified atom stereocenters. The third-order valence-corrected chi connectivity index (χ3v) is 3.52. The van der Waals surface area contributed by atoms with Crippen LogP contribution in [0.25, 0.3) is 0 Å². The van der Waals surface area contributed by atoms with E-state index in [1.807, 2.05) is 25.1 Å². The van der Waals surface area contributed by atoms with Crippen LogP contribution in [-0.4, -0.2) is 6.03 Å². The zero-order valence-corrected chi connectivity index (χ0v) is 12.4. The lowest BCUT2D eigenvalue weighted by atomic mass is 10.1. The van der Waals surface area contributed by atoms with E-state index < -0.39 is 0 Å². The van der Waals surface area contributed by atoms with E-state index in [1.54, 1.807) is 30.3 Å². The summed E-state index contributed by atoms with van der Waals surface area (Å²) in [6.07, 6.45) is 0. The Morgan fingerprint density at radius 2 is 1.60 bits per heavy atom. The molecule has 104 valence electrons. The molecule has 0 heterocycles. The van der Waals surface area contributed by atoms with Crippen LogP contribution in [-0.2, 0) is 0 Å². The highest BCUT2D eigenvalue weighted by molar-refractivity contribution is 6.33. The molecule has 0 aliphatic carbocycles. The molecule has 0 aliphatic heterocycles. The van der Waals surface area contributed by atoms with E-state index in [-0.39, 0.29) is 12.1 Å². The number of anilines is 1. The first-order chi connectivity index (χ1) is 9.58. The van der Waals surface area contributed by atoms with E-state index in [2.05, 4.69) is 10.6 Å². The highest BCUT2D eigenvalue weighted by Crippen LogP contribution is 2.23. The first-order valence-corrected chi connectivity index (χ1v) is 6.90. The molecule has 0 aliphatic rings. The maximum Gasteiger partial charge on any atom is 0.319 e. The quantitative estimate of drug-likeness (QED) is 0.834. The highest BCUT2D eigenvalue weighted by atomic mass is 35.5. The molecule has 0 saturated heterocycles. The molecule has 2 rings (SSSR count). The number of carbonyl (C=O) groups excluding carboxylic acids is 1. The van der Waals surface area contributed by atoms with Gasteiger partial charge in [-0.25, -0.2) is 4.79 Å². The number of amides is 2. The number of nitrogens with one attached hydrogen (secondary N) is 2. The molecule has 0 aromatic heterocycles. The van der Waals surface area contributed by atoms with Crippen LogP contribution in [0.3, 0.4) is 0 Å². The van der Waals surface area contributed by atoms with E-state index in [0.29, 0.717) is 15.7 Å². The second-order valence-corrected chi connectivity index (χ2v) is 5.14. The number of hydrogen-bond donors (Lipinski definition) is 2. The number of halogens is 2.